The second-order valence-electron chi connectivity index (χ2n) is 11.4. The summed E-state index contributed by atoms with van der Waals surface area (Å²) in [7, 11) is -4.27. The third kappa shape index (κ3) is 8.45. The van der Waals surface area contributed by atoms with Gasteiger partial charge < -0.3 is 10.2 Å². The maximum Gasteiger partial charge on any atom is 0.264 e. The zero-order chi connectivity index (χ0) is 31.9. The first kappa shape index (κ1) is 32.7. The summed E-state index contributed by atoms with van der Waals surface area (Å²) in [6.45, 7) is 4.79. The Kier molecular flexibility index (Phi) is 10.4. The Hall–Kier alpha value is -4.21. The number of hydrogen-bond acceptors (Lipinski definition) is 4. The molecule has 0 fully saturated rings. The molecule has 0 saturated heterocycles. The van der Waals surface area contributed by atoms with Gasteiger partial charge in [0, 0.05) is 18.5 Å². The molecule has 0 unspecified atom stereocenters. The number of hydrogen-bond donors (Lipinski definition) is 1. The molecule has 0 radical (unpaired) electrons. The van der Waals surface area contributed by atoms with Gasteiger partial charge in [-0.1, -0.05) is 84.4 Å². The van der Waals surface area contributed by atoms with E-state index in [1.807, 2.05) is 51.1 Å². The summed E-state index contributed by atoms with van der Waals surface area (Å²) in [5.74, 6) is -1.50. The molecule has 4 rings (SSSR count). The van der Waals surface area contributed by atoms with Crippen molar-refractivity contribution in [3.05, 3.63) is 131 Å². The quantitative estimate of drug-likeness (QED) is 0.212. The normalized spacial score (nSPS) is 12.3. The lowest BCUT2D eigenvalue weighted by Crippen LogP contribution is -2.56. The lowest BCUT2D eigenvalue weighted by molar-refractivity contribution is -0.140. The van der Waals surface area contributed by atoms with Gasteiger partial charge >= 0.3 is 0 Å². The standard InChI is InChI=1S/C34H35ClFN3O4S/c1-34(2,3)37-33(41)31(22-25-12-6-4-7-13-25)38(23-26-18-20-27(36)21-19-26)32(40)24-39(30-17-11-10-16-29(30)35)44(42,43)28-14-8-5-9-15-28/h4-21,31H,22-24H2,1-3H3,(H,37,41)/t31-/m0/s1. The minimum absolute atomic E-state index is 0.0240. The van der Waals surface area contributed by atoms with Crippen LogP contribution in [0, 0.1) is 5.82 Å². The molecule has 4 aromatic rings. The first-order valence-corrected chi connectivity index (χ1v) is 15.9. The van der Waals surface area contributed by atoms with Crippen LogP contribution in [0.2, 0.25) is 5.02 Å². The molecule has 1 N–H and O–H groups in total. The molecule has 0 aliphatic rings. The summed E-state index contributed by atoms with van der Waals surface area (Å²) in [6.07, 6.45) is 0.160. The van der Waals surface area contributed by atoms with Crippen molar-refractivity contribution in [3.63, 3.8) is 0 Å². The molecular formula is C34H35ClFN3O4S. The van der Waals surface area contributed by atoms with E-state index in [-0.39, 0.29) is 28.6 Å². The van der Waals surface area contributed by atoms with Crippen molar-refractivity contribution in [3.8, 4) is 0 Å². The summed E-state index contributed by atoms with van der Waals surface area (Å²) in [5, 5.41) is 3.11. The molecule has 4 aromatic carbocycles. The van der Waals surface area contributed by atoms with Gasteiger partial charge in [0.25, 0.3) is 10.0 Å². The molecule has 0 aromatic heterocycles. The van der Waals surface area contributed by atoms with Crippen LogP contribution < -0.4 is 9.62 Å². The number of carbonyl (C=O) groups excluding carboxylic acids is 2. The molecular weight excluding hydrogens is 601 g/mol. The van der Waals surface area contributed by atoms with Gasteiger partial charge in [0.15, 0.2) is 0 Å². The first-order valence-electron chi connectivity index (χ1n) is 14.1. The third-order valence-electron chi connectivity index (χ3n) is 6.77. The van der Waals surface area contributed by atoms with Gasteiger partial charge in [-0.15, -0.1) is 0 Å². The van der Waals surface area contributed by atoms with Crippen LogP contribution in [0.15, 0.2) is 114 Å². The van der Waals surface area contributed by atoms with Gasteiger partial charge in [0.2, 0.25) is 11.8 Å². The summed E-state index contributed by atoms with van der Waals surface area (Å²) >= 11 is 6.48. The first-order chi connectivity index (χ1) is 20.8. The number of rotatable bonds is 11. The number of carbonyl (C=O) groups is 2. The van der Waals surface area contributed by atoms with Gasteiger partial charge in [-0.3, -0.25) is 13.9 Å². The maximum absolute atomic E-state index is 14.4. The number of halogens is 2. The van der Waals surface area contributed by atoms with E-state index >= 15 is 0 Å². The van der Waals surface area contributed by atoms with Crippen molar-refractivity contribution in [2.75, 3.05) is 10.8 Å². The summed E-state index contributed by atoms with van der Waals surface area (Å²) in [6, 6.07) is 27.9. The number of nitrogens with zero attached hydrogens (tertiary/aromatic N) is 2. The van der Waals surface area contributed by atoms with Gasteiger partial charge in [-0.25, -0.2) is 12.8 Å². The Morgan fingerprint density at radius 1 is 0.818 bits per heavy atom. The van der Waals surface area contributed by atoms with Crippen LogP contribution >= 0.6 is 11.6 Å². The average Bonchev–Trinajstić information content (AvgIpc) is 2.99. The molecule has 1 atom stereocenters. The van der Waals surface area contributed by atoms with E-state index in [0.717, 1.165) is 9.87 Å². The molecule has 7 nitrogen and oxygen atoms in total. The zero-order valence-electron chi connectivity index (χ0n) is 24.8. The molecule has 0 aliphatic heterocycles. The van der Waals surface area contributed by atoms with Crippen molar-refractivity contribution < 1.29 is 22.4 Å². The average molecular weight is 636 g/mol. The van der Waals surface area contributed by atoms with Crippen LogP contribution in [0.3, 0.4) is 0 Å². The van der Waals surface area contributed by atoms with Crippen molar-refractivity contribution in [2.45, 2.75) is 50.2 Å². The fourth-order valence-corrected chi connectivity index (χ4v) is 6.42. The fraction of sp³-hybridized carbons (Fsp3) is 0.235. The Bertz CT molecular complexity index is 1680. The van der Waals surface area contributed by atoms with Gasteiger partial charge in [-0.2, -0.15) is 0 Å². The molecule has 0 bridgehead atoms. The fourth-order valence-electron chi connectivity index (χ4n) is 4.68. The van der Waals surface area contributed by atoms with Crippen LogP contribution in [0.5, 0.6) is 0 Å². The molecule has 10 heteroatoms. The number of benzene rings is 4. The summed E-state index contributed by atoms with van der Waals surface area (Å²) in [5.41, 5.74) is 0.874. The highest BCUT2D eigenvalue weighted by molar-refractivity contribution is 7.92. The Morgan fingerprint density at radius 2 is 1.39 bits per heavy atom. The van der Waals surface area contributed by atoms with Crippen LogP contribution in [0.1, 0.15) is 31.9 Å². The van der Waals surface area contributed by atoms with Crippen molar-refractivity contribution >= 4 is 39.1 Å². The molecule has 2 amide bonds. The van der Waals surface area contributed by atoms with E-state index in [4.69, 9.17) is 11.6 Å². The highest BCUT2D eigenvalue weighted by atomic mass is 35.5. The number of sulfonamides is 1. The highest BCUT2D eigenvalue weighted by Gasteiger charge is 2.36. The van der Waals surface area contributed by atoms with Crippen LogP contribution in [-0.4, -0.2) is 43.3 Å². The lowest BCUT2D eigenvalue weighted by atomic mass is 10.0. The van der Waals surface area contributed by atoms with E-state index in [1.165, 1.54) is 47.4 Å². The molecule has 230 valence electrons. The minimum atomic E-state index is -4.27. The Balaban J connectivity index is 1.82. The number of amides is 2. The molecule has 0 spiro atoms. The number of nitrogens with one attached hydrogen (secondary N) is 1. The van der Waals surface area contributed by atoms with Crippen molar-refractivity contribution in [2.24, 2.45) is 0 Å². The smallest absolute Gasteiger partial charge is 0.264 e. The summed E-state index contributed by atoms with van der Waals surface area (Å²) in [4.78, 5) is 29.6. The van der Waals surface area contributed by atoms with E-state index in [1.54, 1.807) is 36.4 Å². The van der Waals surface area contributed by atoms with Gasteiger partial charge in [0.05, 0.1) is 15.6 Å². The number of para-hydroxylation sites is 1. The van der Waals surface area contributed by atoms with E-state index < -0.39 is 45.8 Å². The predicted molar refractivity (Wildman–Crippen MR) is 171 cm³/mol. The van der Waals surface area contributed by atoms with E-state index in [9.17, 15) is 22.4 Å². The lowest BCUT2D eigenvalue weighted by Gasteiger charge is -2.35. The predicted octanol–water partition coefficient (Wildman–Crippen LogP) is 6.23. The van der Waals surface area contributed by atoms with Gasteiger partial charge in [0.1, 0.15) is 18.4 Å². The summed E-state index contributed by atoms with van der Waals surface area (Å²) < 4.78 is 42.8. The second-order valence-corrected chi connectivity index (χ2v) is 13.6. The Labute approximate surface area is 263 Å². The number of anilines is 1. The minimum Gasteiger partial charge on any atom is -0.350 e. The molecule has 0 saturated carbocycles. The van der Waals surface area contributed by atoms with E-state index in [2.05, 4.69) is 5.32 Å². The van der Waals surface area contributed by atoms with Crippen molar-refractivity contribution in [1.82, 2.24) is 10.2 Å². The topological polar surface area (TPSA) is 86.8 Å². The van der Waals surface area contributed by atoms with Gasteiger partial charge in [-0.05, 0) is 68.3 Å². The maximum atomic E-state index is 14.4. The van der Waals surface area contributed by atoms with Crippen LogP contribution in [0.25, 0.3) is 0 Å². The van der Waals surface area contributed by atoms with Crippen molar-refractivity contribution in [1.29, 1.82) is 0 Å². The third-order valence-corrected chi connectivity index (χ3v) is 8.86. The highest BCUT2D eigenvalue weighted by Crippen LogP contribution is 2.31. The molecule has 44 heavy (non-hydrogen) atoms. The largest absolute Gasteiger partial charge is 0.350 e. The zero-order valence-corrected chi connectivity index (χ0v) is 26.4. The van der Waals surface area contributed by atoms with E-state index in [0.29, 0.717) is 5.56 Å². The molecule has 0 heterocycles. The second kappa shape index (κ2) is 14.1. The molecule has 0 aliphatic carbocycles. The van der Waals surface area contributed by atoms with Crippen LogP contribution in [0.4, 0.5) is 10.1 Å². The SMILES string of the molecule is CC(C)(C)NC(=O)[C@H](Cc1ccccc1)N(Cc1ccc(F)cc1)C(=O)CN(c1ccccc1Cl)S(=O)(=O)c1ccccc1. The van der Waals surface area contributed by atoms with Crippen LogP contribution in [-0.2, 0) is 32.6 Å². The Morgan fingerprint density at radius 3 is 1.98 bits per heavy atom. The monoisotopic (exact) mass is 635 g/mol.